The van der Waals surface area contributed by atoms with Crippen LogP contribution in [0.1, 0.15) is 12.8 Å². The molecule has 0 amide bonds. The second-order valence-corrected chi connectivity index (χ2v) is 3.60. The molecule has 0 atom stereocenters. The van der Waals surface area contributed by atoms with Crippen LogP contribution >= 0.6 is 15.9 Å². The van der Waals surface area contributed by atoms with Crippen LogP contribution in [0, 0.1) is 0 Å². The maximum absolute atomic E-state index is 11.9. The Morgan fingerprint density at radius 1 is 1.45 bits per heavy atom. The fourth-order valence-electron chi connectivity index (χ4n) is 1.15. The Morgan fingerprint density at radius 2 is 2.09 bits per heavy atom. The van der Waals surface area contributed by atoms with E-state index < -0.39 is 6.43 Å². The summed E-state index contributed by atoms with van der Waals surface area (Å²) in [4.78, 5) is 1.86. The lowest BCUT2D eigenvalue weighted by molar-refractivity contribution is 0.0878. The Labute approximate surface area is 73.9 Å². The minimum absolute atomic E-state index is 0.0593. The van der Waals surface area contributed by atoms with Crippen LogP contribution < -0.4 is 0 Å². The summed E-state index contributed by atoms with van der Waals surface area (Å²) in [5.74, 6) is 0. The van der Waals surface area contributed by atoms with E-state index in [1.54, 1.807) is 0 Å². The topological polar surface area (TPSA) is 3.24 Å². The molecule has 0 saturated heterocycles. The van der Waals surface area contributed by atoms with Gasteiger partial charge in [-0.05, 0) is 12.8 Å². The standard InChI is InChI=1S/C7H12BrF2N/c8-3-4-11(5-7(9)10)6-1-2-6/h6-7H,1-5H2. The lowest BCUT2D eigenvalue weighted by Crippen LogP contribution is -2.32. The van der Waals surface area contributed by atoms with E-state index in [4.69, 9.17) is 0 Å². The van der Waals surface area contributed by atoms with Gasteiger partial charge in [0.05, 0.1) is 6.54 Å². The molecule has 0 aliphatic heterocycles. The number of hydrogen-bond donors (Lipinski definition) is 0. The van der Waals surface area contributed by atoms with Gasteiger partial charge in [-0.25, -0.2) is 8.78 Å². The minimum atomic E-state index is -2.19. The van der Waals surface area contributed by atoms with Crippen molar-refractivity contribution in [1.29, 1.82) is 0 Å². The molecule has 1 saturated carbocycles. The lowest BCUT2D eigenvalue weighted by atomic mass is 10.4. The molecule has 1 fully saturated rings. The van der Waals surface area contributed by atoms with Crippen LogP contribution in [-0.2, 0) is 0 Å². The monoisotopic (exact) mass is 227 g/mol. The van der Waals surface area contributed by atoms with E-state index in [0.717, 1.165) is 24.7 Å². The molecule has 0 aromatic rings. The summed E-state index contributed by atoms with van der Waals surface area (Å²) in [5, 5.41) is 0.788. The van der Waals surface area contributed by atoms with Crippen LogP contribution in [0.2, 0.25) is 0 Å². The summed E-state index contributed by atoms with van der Waals surface area (Å²) in [5.41, 5.74) is 0. The number of nitrogens with zero attached hydrogens (tertiary/aromatic N) is 1. The zero-order chi connectivity index (χ0) is 8.27. The van der Waals surface area contributed by atoms with Crippen LogP contribution in [0.15, 0.2) is 0 Å². The number of alkyl halides is 3. The Balaban J connectivity index is 2.20. The van der Waals surface area contributed by atoms with Crippen molar-refractivity contribution in [2.45, 2.75) is 25.3 Å². The molecule has 4 heteroatoms. The molecule has 11 heavy (non-hydrogen) atoms. The van der Waals surface area contributed by atoms with Crippen LogP contribution in [0.3, 0.4) is 0 Å². The molecular weight excluding hydrogens is 216 g/mol. The van der Waals surface area contributed by atoms with Gasteiger partial charge >= 0.3 is 0 Å². The zero-order valence-electron chi connectivity index (χ0n) is 6.27. The van der Waals surface area contributed by atoms with E-state index in [2.05, 4.69) is 15.9 Å². The fraction of sp³-hybridized carbons (Fsp3) is 1.00. The summed E-state index contributed by atoms with van der Waals surface area (Å²) in [6.07, 6.45) is 0.00838. The molecule has 66 valence electrons. The van der Waals surface area contributed by atoms with Crippen molar-refractivity contribution in [3.63, 3.8) is 0 Å². The van der Waals surface area contributed by atoms with Gasteiger partial charge in [-0.1, -0.05) is 15.9 Å². The van der Waals surface area contributed by atoms with Crippen molar-refractivity contribution in [3.8, 4) is 0 Å². The molecule has 0 unspecified atom stereocenters. The van der Waals surface area contributed by atoms with Gasteiger partial charge in [-0.3, -0.25) is 4.90 Å². The van der Waals surface area contributed by atoms with E-state index in [1.807, 2.05) is 4.90 Å². The molecule has 0 radical (unpaired) electrons. The predicted octanol–water partition coefficient (Wildman–Crippen LogP) is 2.11. The SMILES string of the molecule is FC(F)CN(CCBr)C1CC1. The molecule has 1 nitrogen and oxygen atoms in total. The number of halogens is 3. The Bertz CT molecular complexity index is 117. The Morgan fingerprint density at radius 3 is 2.45 bits per heavy atom. The van der Waals surface area contributed by atoms with E-state index in [9.17, 15) is 8.78 Å². The molecule has 0 aromatic carbocycles. The molecule has 0 spiro atoms. The highest BCUT2D eigenvalue weighted by molar-refractivity contribution is 9.09. The third kappa shape index (κ3) is 3.47. The summed E-state index contributed by atoms with van der Waals surface area (Å²) in [6, 6.07) is 0.446. The third-order valence-corrected chi connectivity index (χ3v) is 2.16. The van der Waals surface area contributed by atoms with Crippen molar-refractivity contribution < 1.29 is 8.78 Å². The first kappa shape index (κ1) is 9.39. The molecule has 0 bridgehead atoms. The molecule has 0 heterocycles. The summed E-state index contributed by atoms with van der Waals surface area (Å²) in [7, 11) is 0. The highest BCUT2D eigenvalue weighted by atomic mass is 79.9. The highest BCUT2D eigenvalue weighted by Gasteiger charge is 2.29. The number of hydrogen-bond acceptors (Lipinski definition) is 1. The van der Waals surface area contributed by atoms with Crippen molar-refractivity contribution in [2.75, 3.05) is 18.4 Å². The minimum Gasteiger partial charge on any atom is -0.294 e. The first-order valence-corrected chi connectivity index (χ1v) is 4.94. The fourth-order valence-corrected chi connectivity index (χ4v) is 1.60. The average Bonchev–Trinajstić information content (AvgIpc) is 2.66. The lowest BCUT2D eigenvalue weighted by Gasteiger charge is -2.19. The van der Waals surface area contributed by atoms with Crippen molar-refractivity contribution in [1.82, 2.24) is 4.90 Å². The third-order valence-electron chi connectivity index (χ3n) is 1.81. The molecule has 1 rings (SSSR count). The Hall–Kier alpha value is 0.300. The summed E-state index contributed by atoms with van der Waals surface area (Å²) in [6.45, 7) is 0.686. The molecular formula is C7H12BrF2N. The molecule has 1 aliphatic rings. The average molecular weight is 228 g/mol. The van der Waals surface area contributed by atoms with Gasteiger partial charge < -0.3 is 0 Å². The van der Waals surface area contributed by atoms with Gasteiger partial charge in [-0.15, -0.1) is 0 Å². The largest absolute Gasteiger partial charge is 0.294 e. The van der Waals surface area contributed by atoms with E-state index >= 15 is 0 Å². The Kier molecular flexibility index (Phi) is 3.72. The van der Waals surface area contributed by atoms with Crippen molar-refractivity contribution in [3.05, 3.63) is 0 Å². The summed E-state index contributed by atoms with van der Waals surface area (Å²) < 4.78 is 23.9. The van der Waals surface area contributed by atoms with Gasteiger partial charge in [0.15, 0.2) is 0 Å². The number of rotatable bonds is 5. The predicted molar refractivity (Wildman–Crippen MR) is 44.4 cm³/mol. The quantitative estimate of drug-likeness (QED) is 0.651. The van der Waals surface area contributed by atoms with Crippen LogP contribution in [-0.4, -0.2) is 35.8 Å². The second-order valence-electron chi connectivity index (χ2n) is 2.81. The van der Waals surface area contributed by atoms with E-state index in [0.29, 0.717) is 6.04 Å². The van der Waals surface area contributed by atoms with Crippen molar-refractivity contribution >= 4 is 15.9 Å². The molecule has 0 N–H and O–H groups in total. The first-order chi connectivity index (χ1) is 5.24. The maximum atomic E-state index is 11.9. The first-order valence-electron chi connectivity index (χ1n) is 3.82. The zero-order valence-corrected chi connectivity index (χ0v) is 7.86. The van der Waals surface area contributed by atoms with Crippen LogP contribution in [0.25, 0.3) is 0 Å². The smallest absolute Gasteiger partial charge is 0.251 e. The maximum Gasteiger partial charge on any atom is 0.251 e. The van der Waals surface area contributed by atoms with E-state index in [-0.39, 0.29) is 6.54 Å². The van der Waals surface area contributed by atoms with Crippen molar-refractivity contribution in [2.24, 2.45) is 0 Å². The van der Waals surface area contributed by atoms with E-state index in [1.165, 1.54) is 0 Å². The van der Waals surface area contributed by atoms with Gasteiger partial charge in [0, 0.05) is 17.9 Å². The van der Waals surface area contributed by atoms with Gasteiger partial charge in [0.2, 0.25) is 0 Å². The second kappa shape index (κ2) is 4.36. The molecule has 1 aliphatic carbocycles. The van der Waals surface area contributed by atoms with Gasteiger partial charge in [-0.2, -0.15) is 0 Å². The molecule has 0 aromatic heterocycles. The van der Waals surface area contributed by atoms with Gasteiger partial charge in [0.1, 0.15) is 0 Å². The van der Waals surface area contributed by atoms with Crippen LogP contribution in [0.5, 0.6) is 0 Å². The van der Waals surface area contributed by atoms with Gasteiger partial charge in [0.25, 0.3) is 6.43 Å². The summed E-state index contributed by atoms with van der Waals surface area (Å²) >= 11 is 3.25. The van der Waals surface area contributed by atoms with Crippen LogP contribution in [0.4, 0.5) is 8.78 Å². The highest BCUT2D eigenvalue weighted by Crippen LogP contribution is 2.27. The normalized spacial score (nSPS) is 18.3.